The van der Waals surface area contributed by atoms with Gasteiger partial charge in [-0.1, -0.05) is 6.07 Å². The number of hydrogen-bond donors (Lipinski definition) is 3. The molecular formula is C20H27F2N5O. The summed E-state index contributed by atoms with van der Waals surface area (Å²) in [4.78, 5) is 17.3. The zero-order valence-electron chi connectivity index (χ0n) is 15.8. The van der Waals surface area contributed by atoms with Gasteiger partial charge in [0.25, 0.3) is 0 Å². The van der Waals surface area contributed by atoms with Crippen LogP contribution < -0.4 is 16.1 Å². The number of nitrogens with one attached hydrogen (secondary N) is 3. The molecule has 4 aliphatic rings. The lowest BCUT2D eigenvalue weighted by Crippen LogP contribution is -2.68. The first kappa shape index (κ1) is 18.4. The van der Waals surface area contributed by atoms with Gasteiger partial charge < -0.3 is 5.32 Å². The molecule has 3 N–H and O–H groups in total. The molecule has 3 heterocycles. The van der Waals surface area contributed by atoms with E-state index in [1.807, 2.05) is 18.3 Å². The molecule has 5 rings (SSSR count). The van der Waals surface area contributed by atoms with Gasteiger partial charge in [-0.15, -0.1) is 0 Å². The molecule has 2 saturated heterocycles. The number of carbonyl (C=O) groups excluding carboxylic acids is 1. The SMILES string of the molecule is O=C1NC([C@@H]2CC[C@H]2c2ccccn2)NC2C1CNN2C1CCC(F)(F)CC1. The Bertz CT molecular complexity index is 723. The number of pyridine rings is 1. The van der Waals surface area contributed by atoms with Crippen LogP contribution in [0.4, 0.5) is 8.78 Å². The van der Waals surface area contributed by atoms with Gasteiger partial charge in [-0.2, -0.15) is 0 Å². The van der Waals surface area contributed by atoms with Crippen LogP contribution in [0.5, 0.6) is 0 Å². The number of alkyl halides is 2. The fraction of sp³-hybridized carbons (Fsp3) is 0.700. The molecule has 2 aliphatic heterocycles. The van der Waals surface area contributed by atoms with E-state index in [1.165, 1.54) is 0 Å². The van der Waals surface area contributed by atoms with Crippen LogP contribution in [0.15, 0.2) is 24.4 Å². The molecule has 0 spiro atoms. The Kier molecular flexibility index (Phi) is 4.60. The smallest absolute Gasteiger partial charge is 0.248 e. The van der Waals surface area contributed by atoms with E-state index in [0.717, 1.165) is 18.5 Å². The third kappa shape index (κ3) is 3.21. The van der Waals surface area contributed by atoms with Crippen LogP contribution in [0, 0.1) is 11.8 Å². The van der Waals surface area contributed by atoms with E-state index in [0.29, 0.717) is 31.2 Å². The normalized spacial score (nSPS) is 38.5. The molecule has 0 radical (unpaired) electrons. The number of carbonyl (C=O) groups is 1. The Hall–Kier alpha value is -1.64. The Labute approximate surface area is 163 Å². The summed E-state index contributed by atoms with van der Waals surface area (Å²) < 4.78 is 27.1. The molecule has 28 heavy (non-hydrogen) atoms. The van der Waals surface area contributed by atoms with E-state index < -0.39 is 5.92 Å². The van der Waals surface area contributed by atoms with E-state index in [1.54, 1.807) is 0 Å². The minimum Gasteiger partial charge on any atom is -0.340 e. The van der Waals surface area contributed by atoms with Gasteiger partial charge in [0.1, 0.15) is 0 Å². The van der Waals surface area contributed by atoms with Crippen LogP contribution in [-0.2, 0) is 4.79 Å². The maximum absolute atomic E-state index is 13.6. The van der Waals surface area contributed by atoms with Crippen LogP contribution in [-0.4, -0.2) is 46.7 Å². The molecule has 1 amide bonds. The van der Waals surface area contributed by atoms with Crippen molar-refractivity contribution in [1.82, 2.24) is 26.1 Å². The zero-order chi connectivity index (χ0) is 19.3. The van der Waals surface area contributed by atoms with Crippen LogP contribution in [0.1, 0.15) is 50.1 Å². The number of hydrazine groups is 1. The van der Waals surface area contributed by atoms with Crippen LogP contribution in [0.25, 0.3) is 0 Å². The van der Waals surface area contributed by atoms with Gasteiger partial charge in [0, 0.05) is 49.2 Å². The average molecular weight is 391 g/mol. The van der Waals surface area contributed by atoms with Crippen molar-refractivity contribution in [3.63, 3.8) is 0 Å². The monoisotopic (exact) mass is 391 g/mol. The Morgan fingerprint density at radius 1 is 1.11 bits per heavy atom. The number of aromatic nitrogens is 1. The number of fused-ring (bicyclic) bond motifs is 1. The van der Waals surface area contributed by atoms with Gasteiger partial charge in [-0.05, 0) is 37.8 Å². The summed E-state index contributed by atoms with van der Waals surface area (Å²) in [5.74, 6) is -2.04. The number of hydrogen-bond acceptors (Lipinski definition) is 5. The fourth-order valence-electron chi connectivity index (χ4n) is 5.30. The van der Waals surface area contributed by atoms with E-state index in [2.05, 4.69) is 32.1 Å². The van der Waals surface area contributed by atoms with Crippen molar-refractivity contribution in [2.24, 2.45) is 11.8 Å². The topological polar surface area (TPSA) is 69.3 Å². The standard InChI is InChI=1S/C20H27F2N5O/c21-20(22)8-6-12(7-9-20)27-18-15(11-24-27)19(28)26-17(25-18)14-5-4-13(14)16-3-1-2-10-23-16/h1-3,10,12-15,17-18,24-25H,4-9,11H2,(H,26,28)/t13-,14-,15?,17?,18?/m1/s1. The molecule has 3 unspecified atom stereocenters. The molecule has 8 heteroatoms. The minimum absolute atomic E-state index is 0.0432. The van der Waals surface area contributed by atoms with Crippen molar-refractivity contribution in [1.29, 1.82) is 0 Å². The molecule has 1 aromatic rings. The maximum Gasteiger partial charge on any atom is 0.248 e. The lowest BCUT2D eigenvalue weighted by molar-refractivity contribution is -0.133. The van der Waals surface area contributed by atoms with Gasteiger partial charge in [0.05, 0.1) is 18.2 Å². The summed E-state index contributed by atoms with van der Waals surface area (Å²) in [6, 6.07) is 6.01. The maximum atomic E-state index is 13.6. The highest BCUT2D eigenvalue weighted by atomic mass is 19.3. The largest absolute Gasteiger partial charge is 0.340 e. The highest BCUT2D eigenvalue weighted by Crippen LogP contribution is 2.44. The van der Waals surface area contributed by atoms with Crippen molar-refractivity contribution >= 4 is 5.91 Å². The zero-order valence-corrected chi connectivity index (χ0v) is 15.8. The number of rotatable bonds is 3. The van der Waals surface area contributed by atoms with Gasteiger partial charge >= 0.3 is 0 Å². The van der Waals surface area contributed by atoms with Crippen LogP contribution in [0.2, 0.25) is 0 Å². The molecule has 2 aliphatic carbocycles. The second kappa shape index (κ2) is 7.00. The second-order valence-corrected chi connectivity index (χ2v) is 8.66. The highest BCUT2D eigenvalue weighted by molar-refractivity contribution is 5.81. The number of nitrogens with zero attached hydrogens (tertiary/aromatic N) is 2. The number of halogens is 2. The van der Waals surface area contributed by atoms with Crippen molar-refractivity contribution < 1.29 is 13.6 Å². The second-order valence-electron chi connectivity index (χ2n) is 8.66. The molecule has 5 atom stereocenters. The number of amides is 1. The minimum atomic E-state index is -2.54. The Morgan fingerprint density at radius 3 is 2.61 bits per heavy atom. The molecule has 152 valence electrons. The van der Waals surface area contributed by atoms with Crippen LogP contribution >= 0.6 is 0 Å². The predicted molar refractivity (Wildman–Crippen MR) is 99.1 cm³/mol. The quantitative estimate of drug-likeness (QED) is 0.735. The van der Waals surface area contributed by atoms with E-state index >= 15 is 0 Å². The fourth-order valence-corrected chi connectivity index (χ4v) is 5.30. The van der Waals surface area contributed by atoms with E-state index in [-0.39, 0.29) is 43.0 Å². The van der Waals surface area contributed by atoms with Crippen molar-refractivity contribution in [2.45, 2.75) is 68.7 Å². The Balaban J connectivity index is 1.29. The summed E-state index contributed by atoms with van der Waals surface area (Å²) in [7, 11) is 0. The molecule has 0 bridgehead atoms. The molecule has 2 saturated carbocycles. The molecule has 4 fully saturated rings. The predicted octanol–water partition coefficient (Wildman–Crippen LogP) is 1.96. The molecule has 6 nitrogen and oxygen atoms in total. The van der Waals surface area contributed by atoms with E-state index in [9.17, 15) is 13.6 Å². The molecular weight excluding hydrogens is 364 g/mol. The summed E-state index contributed by atoms with van der Waals surface area (Å²) in [6.45, 7) is 0.553. The van der Waals surface area contributed by atoms with Gasteiger partial charge in [0.2, 0.25) is 11.8 Å². The van der Waals surface area contributed by atoms with Crippen molar-refractivity contribution in [3.8, 4) is 0 Å². The summed E-state index contributed by atoms with van der Waals surface area (Å²) in [6.07, 6.45) is 4.44. The molecule has 1 aromatic heterocycles. The molecule has 0 aromatic carbocycles. The van der Waals surface area contributed by atoms with Crippen molar-refractivity contribution in [3.05, 3.63) is 30.1 Å². The van der Waals surface area contributed by atoms with Crippen molar-refractivity contribution in [2.75, 3.05) is 6.54 Å². The van der Waals surface area contributed by atoms with Gasteiger partial charge in [-0.3, -0.25) is 20.5 Å². The third-order valence-corrected chi connectivity index (χ3v) is 7.06. The summed E-state index contributed by atoms with van der Waals surface area (Å²) in [5, 5.41) is 8.85. The lowest BCUT2D eigenvalue weighted by atomic mass is 9.69. The lowest BCUT2D eigenvalue weighted by Gasteiger charge is -2.48. The highest BCUT2D eigenvalue weighted by Gasteiger charge is 2.51. The van der Waals surface area contributed by atoms with E-state index in [4.69, 9.17) is 0 Å². The summed E-state index contributed by atoms with van der Waals surface area (Å²) in [5.41, 5.74) is 4.39. The summed E-state index contributed by atoms with van der Waals surface area (Å²) >= 11 is 0. The third-order valence-electron chi connectivity index (χ3n) is 7.06. The first-order chi connectivity index (χ1) is 13.5. The first-order valence-corrected chi connectivity index (χ1v) is 10.4. The average Bonchev–Trinajstić information content (AvgIpc) is 3.06. The first-order valence-electron chi connectivity index (χ1n) is 10.4. The van der Waals surface area contributed by atoms with Gasteiger partial charge in [0.15, 0.2) is 0 Å². The van der Waals surface area contributed by atoms with Crippen LogP contribution in [0.3, 0.4) is 0 Å². The Morgan fingerprint density at radius 2 is 1.93 bits per heavy atom. The van der Waals surface area contributed by atoms with Gasteiger partial charge in [-0.25, -0.2) is 13.8 Å².